The fourth-order valence-electron chi connectivity index (χ4n) is 2.89. The number of para-hydroxylation sites is 1. The van der Waals surface area contributed by atoms with E-state index in [1.165, 1.54) is 0 Å². The molecule has 3 heterocycles. The molecule has 23 heavy (non-hydrogen) atoms. The summed E-state index contributed by atoms with van der Waals surface area (Å²) in [7, 11) is 1.88. The van der Waals surface area contributed by atoms with Crippen LogP contribution in [0.1, 0.15) is 17.1 Å². The Morgan fingerprint density at radius 3 is 2.91 bits per heavy atom. The van der Waals surface area contributed by atoms with E-state index in [0.29, 0.717) is 6.54 Å². The number of benzene rings is 1. The Bertz CT molecular complexity index is 1010. The average molecular weight is 307 g/mol. The van der Waals surface area contributed by atoms with E-state index in [-0.39, 0.29) is 0 Å². The van der Waals surface area contributed by atoms with Crippen LogP contribution in [0.25, 0.3) is 22.1 Å². The van der Waals surface area contributed by atoms with Gasteiger partial charge in [0.25, 0.3) is 0 Å². The van der Waals surface area contributed by atoms with E-state index >= 15 is 0 Å². The smallest absolute Gasteiger partial charge is 0.163 e. The van der Waals surface area contributed by atoms with Gasteiger partial charge in [0.1, 0.15) is 18.0 Å². The number of nitrogens with zero attached hydrogens (tertiary/aromatic N) is 5. The number of H-pyrrole nitrogens is 1. The summed E-state index contributed by atoms with van der Waals surface area (Å²) in [6, 6.07) is 6.13. The number of rotatable bonds is 3. The second kappa shape index (κ2) is 5.05. The highest BCUT2D eigenvalue weighted by atomic mass is 15.3. The van der Waals surface area contributed by atoms with Crippen LogP contribution in [0.5, 0.6) is 0 Å². The molecule has 7 heteroatoms. The Balaban J connectivity index is 1.67. The molecule has 0 aliphatic rings. The predicted molar refractivity (Wildman–Crippen MR) is 89.2 cm³/mol. The van der Waals surface area contributed by atoms with E-state index < -0.39 is 0 Å². The van der Waals surface area contributed by atoms with E-state index in [1.807, 2.05) is 26.1 Å². The van der Waals surface area contributed by atoms with Crippen molar-refractivity contribution in [2.24, 2.45) is 7.05 Å². The minimum Gasteiger partial charge on any atom is -0.362 e. The van der Waals surface area contributed by atoms with Gasteiger partial charge in [0.15, 0.2) is 5.65 Å². The molecule has 0 bridgehead atoms. The van der Waals surface area contributed by atoms with Crippen molar-refractivity contribution in [3.8, 4) is 0 Å². The van der Waals surface area contributed by atoms with Crippen LogP contribution in [0, 0.1) is 13.8 Å². The molecule has 0 atom stereocenters. The highest BCUT2D eigenvalue weighted by molar-refractivity contribution is 5.89. The van der Waals surface area contributed by atoms with Gasteiger partial charge in [0.05, 0.1) is 28.7 Å². The first-order valence-electron chi connectivity index (χ1n) is 7.46. The standard InChI is InChI=1S/C16H17N7/c1-9-5-4-6-11-14(9)21-12(20-11)7-17-15-13-10(2)22-23(3)16(13)19-8-18-15/h4-6,8H,7H2,1-3H3,(H,20,21)(H,17,18,19). The molecule has 0 amide bonds. The zero-order valence-electron chi connectivity index (χ0n) is 13.3. The fraction of sp³-hybridized carbons (Fsp3) is 0.250. The summed E-state index contributed by atoms with van der Waals surface area (Å²) in [6.07, 6.45) is 1.55. The maximum Gasteiger partial charge on any atom is 0.163 e. The van der Waals surface area contributed by atoms with Crippen LogP contribution >= 0.6 is 0 Å². The number of aromatic amines is 1. The zero-order chi connectivity index (χ0) is 16.0. The van der Waals surface area contributed by atoms with Crippen LogP contribution in [-0.4, -0.2) is 29.7 Å². The molecule has 116 valence electrons. The van der Waals surface area contributed by atoms with Gasteiger partial charge in [-0.15, -0.1) is 0 Å². The zero-order valence-corrected chi connectivity index (χ0v) is 13.3. The summed E-state index contributed by atoms with van der Waals surface area (Å²) < 4.78 is 1.77. The minimum absolute atomic E-state index is 0.564. The van der Waals surface area contributed by atoms with E-state index in [2.05, 4.69) is 43.3 Å². The fourth-order valence-corrected chi connectivity index (χ4v) is 2.89. The van der Waals surface area contributed by atoms with Gasteiger partial charge in [-0.2, -0.15) is 5.10 Å². The molecule has 0 fully saturated rings. The van der Waals surface area contributed by atoms with Crippen LogP contribution in [0.2, 0.25) is 0 Å². The molecule has 0 radical (unpaired) electrons. The van der Waals surface area contributed by atoms with Crippen LogP contribution in [0.3, 0.4) is 0 Å². The summed E-state index contributed by atoms with van der Waals surface area (Å²) in [5, 5.41) is 8.69. The number of nitrogens with one attached hydrogen (secondary N) is 2. The SMILES string of the molecule is Cc1cccc2[nH]c(CNc3ncnc4c3c(C)nn4C)nc12. The molecule has 0 aliphatic heterocycles. The molecular formula is C16H17N7. The van der Waals surface area contributed by atoms with Crippen LogP contribution in [0.4, 0.5) is 5.82 Å². The lowest BCUT2D eigenvalue weighted by Gasteiger charge is -2.04. The van der Waals surface area contributed by atoms with Crippen molar-refractivity contribution >= 4 is 27.9 Å². The molecule has 0 aliphatic carbocycles. The summed E-state index contributed by atoms with van der Waals surface area (Å²) in [5.74, 6) is 1.65. The Morgan fingerprint density at radius 1 is 1.22 bits per heavy atom. The first-order chi connectivity index (χ1) is 11.1. The number of anilines is 1. The molecule has 0 saturated heterocycles. The molecule has 4 rings (SSSR count). The summed E-state index contributed by atoms with van der Waals surface area (Å²) in [4.78, 5) is 16.6. The monoisotopic (exact) mass is 307 g/mol. The number of hydrogen-bond acceptors (Lipinski definition) is 5. The lowest BCUT2D eigenvalue weighted by Crippen LogP contribution is -2.04. The number of imidazole rings is 1. The van der Waals surface area contributed by atoms with Gasteiger partial charge in [-0.3, -0.25) is 4.68 Å². The summed E-state index contributed by atoms with van der Waals surface area (Å²) in [6.45, 7) is 4.59. The van der Waals surface area contributed by atoms with Crippen molar-refractivity contribution in [3.05, 3.63) is 41.6 Å². The Labute approximate surface area is 132 Å². The van der Waals surface area contributed by atoms with Gasteiger partial charge >= 0.3 is 0 Å². The molecular weight excluding hydrogens is 290 g/mol. The molecule has 0 spiro atoms. The van der Waals surface area contributed by atoms with Gasteiger partial charge < -0.3 is 10.3 Å². The van der Waals surface area contributed by atoms with Crippen LogP contribution in [-0.2, 0) is 13.6 Å². The van der Waals surface area contributed by atoms with Gasteiger partial charge in [-0.1, -0.05) is 12.1 Å². The van der Waals surface area contributed by atoms with Crippen molar-refractivity contribution in [2.45, 2.75) is 20.4 Å². The number of aryl methyl sites for hydroxylation is 3. The second-order valence-corrected chi connectivity index (χ2v) is 5.64. The Hall–Kier alpha value is -2.96. The van der Waals surface area contributed by atoms with Crippen molar-refractivity contribution in [1.29, 1.82) is 0 Å². The summed E-state index contributed by atoms with van der Waals surface area (Å²) in [5.41, 5.74) is 4.95. The predicted octanol–water partition coefficient (Wildman–Crippen LogP) is 2.47. The van der Waals surface area contributed by atoms with Gasteiger partial charge in [0.2, 0.25) is 0 Å². The van der Waals surface area contributed by atoms with Gasteiger partial charge in [-0.05, 0) is 25.5 Å². The van der Waals surface area contributed by atoms with Crippen molar-refractivity contribution in [3.63, 3.8) is 0 Å². The lowest BCUT2D eigenvalue weighted by molar-refractivity contribution is 0.773. The minimum atomic E-state index is 0.564. The van der Waals surface area contributed by atoms with E-state index in [1.54, 1.807) is 11.0 Å². The van der Waals surface area contributed by atoms with Gasteiger partial charge in [-0.25, -0.2) is 15.0 Å². The maximum absolute atomic E-state index is 4.65. The first kappa shape index (κ1) is 13.7. The first-order valence-corrected chi connectivity index (χ1v) is 7.46. The number of fused-ring (bicyclic) bond motifs is 2. The lowest BCUT2D eigenvalue weighted by atomic mass is 10.2. The highest BCUT2D eigenvalue weighted by Gasteiger charge is 2.12. The third kappa shape index (κ3) is 2.21. The quantitative estimate of drug-likeness (QED) is 0.607. The molecule has 3 aromatic heterocycles. The van der Waals surface area contributed by atoms with Crippen molar-refractivity contribution in [2.75, 3.05) is 5.32 Å². The van der Waals surface area contributed by atoms with E-state index in [9.17, 15) is 0 Å². The molecule has 2 N–H and O–H groups in total. The highest BCUT2D eigenvalue weighted by Crippen LogP contribution is 2.23. The summed E-state index contributed by atoms with van der Waals surface area (Å²) >= 11 is 0. The third-order valence-electron chi connectivity index (χ3n) is 3.98. The third-order valence-corrected chi connectivity index (χ3v) is 3.98. The van der Waals surface area contributed by atoms with Crippen LogP contribution in [0.15, 0.2) is 24.5 Å². The van der Waals surface area contributed by atoms with Crippen molar-refractivity contribution < 1.29 is 0 Å². The van der Waals surface area contributed by atoms with E-state index in [4.69, 9.17) is 0 Å². The maximum atomic E-state index is 4.65. The number of aromatic nitrogens is 6. The van der Waals surface area contributed by atoms with Crippen molar-refractivity contribution in [1.82, 2.24) is 29.7 Å². The topological polar surface area (TPSA) is 84.3 Å². The van der Waals surface area contributed by atoms with E-state index in [0.717, 1.165) is 45.0 Å². The molecule has 4 aromatic rings. The average Bonchev–Trinajstić information content (AvgIpc) is 3.08. The second-order valence-electron chi connectivity index (χ2n) is 5.64. The Morgan fingerprint density at radius 2 is 2.09 bits per heavy atom. The normalized spacial score (nSPS) is 11.4. The molecule has 1 aromatic carbocycles. The van der Waals surface area contributed by atoms with Crippen LogP contribution < -0.4 is 5.32 Å². The largest absolute Gasteiger partial charge is 0.362 e. The number of hydrogen-bond donors (Lipinski definition) is 2. The molecule has 0 saturated carbocycles. The Kier molecular flexibility index (Phi) is 3.00. The van der Waals surface area contributed by atoms with Gasteiger partial charge in [0, 0.05) is 7.05 Å². The molecule has 7 nitrogen and oxygen atoms in total. The molecule has 0 unspecified atom stereocenters.